The van der Waals surface area contributed by atoms with E-state index in [4.69, 9.17) is 0 Å². The van der Waals surface area contributed by atoms with Gasteiger partial charge in [0.1, 0.15) is 0 Å². The molecule has 0 aliphatic carbocycles. The number of hydrogen-bond acceptors (Lipinski definition) is 2. The van der Waals surface area contributed by atoms with Crippen molar-refractivity contribution in [3.05, 3.63) is 31.1 Å². The van der Waals surface area contributed by atoms with Gasteiger partial charge in [0, 0.05) is 32.5 Å². The fourth-order valence-corrected chi connectivity index (χ4v) is 1.11. The van der Waals surface area contributed by atoms with Gasteiger partial charge in [-0.25, -0.2) is 0 Å². The smallest absolute Gasteiger partial charge is 0.191 e. The summed E-state index contributed by atoms with van der Waals surface area (Å²) in [4.78, 5) is 4.06. The molecule has 0 bridgehead atoms. The van der Waals surface area contributed by atoms with Crippen molar-refractivity contribution in [2.24, 2.45) is 4.99 Å². The van der Waals surface area contributed by atoms with Crippen LogP contribution >= 0.6 is 24.0 Å². The van der Waals surface area contributed by atoms with Crippen LogP contribution in [0, 0.1) is 0 Å². The normalized spacial score (nSPS) is 10.4. The molecule has 0 aromatic carbocycles. The van der Waals surface area contributed by atoms with Crippen LogP contribution in [0.1, 0.15) is 0 Å². The maximum absolute atomic E-state index is 4.10. The predicted octanol–water partition coefficient (Wildman–Crippen LogP) is 0.852. The average molecular weight is 335 g/mol. The van der Waals surface area contributed by atoms with Crippen LogP contribution in [-0.2, 0) is 6.54 Å². The second kappa shape index (κ2) is 9.20. The van der Waals surface area contributed by atoms with E-state index in [0.717, 1.165) is 19.0 Å². The number of rotatable bonds is 5. The standard InChI is InChI=1S/C10H17N5.HI/c1-3-5-12-10(11-2)13-7-9-15-8-4-6-14-15;/h3-4,6,8H,1,5,7,9H2,2H3,(H2,11,12,13);1H. The molecule has 0 aliphatic heterocycles. The van der Waals surface area contributed by atoms with E-state index in [0.29, 0.717) is 6.54 Å². The lowest BCUT2D eigenvalue weighted by Crippen LogP contribution is -2.38. The molecule has 1 heterocycles. The average Bonchev–Trinajstić information content (AvgIpc) is 2.76. The first kappa shape index (κ1) is 15.0. The Labute approximate surface area is 113 Å². The van der Waals surface area contributed by atoms with Crippen molar-refractivity contribution >= 4 is 29.9 Å². The molecule has 0 fully saturated rings. The summed E-state index contributed by atoms with van der Waals surface area (Å²) < 4.78 is 1.87. The highest BCUT2D eigenvalue weighted by Crippen LogP contribution is 1.82. The third-order valence-corrected chi connectivity index (χ3v) is 1.83. The maximum atomic E-state index is 4.10. The second-order valence-corrected chi connectivity index (χ2v) is 2.94. The molecule has 1 rings (SSSR count). The summed E-state index contributed by atoms with van der Waals surface area (Å²) in [6.07, 6.45) is 5.49. The lowest BCUT2D eigenvalue weighted by molar-refractivity contribution is 0.599. The van der Waals surface area contributed by atoms with Crippen LogP contribution in [0.3, 0.4) is 0 Å². The van der Waals surface area contributed by atoms with Gasteiger partial charge in [0.25, 0.3) is 0 Å². The highest BCUT2D eigenvalue weighted by Gasteiger charge is 1.94. The molecule has 0 unspecified atom stereocenters. The maximum Gasteiger partial charge on any atom is 0.191 e. The molecule has 0 spiro atoms. The molecule has 1 aromatic rings. The Bertz CT molecular complexity index is 307. The zero-order chi connectivity index (χ0) is 10.9. The molecule has 0 radical (unpaired) electrons. The first-order chi connectivity index (χ1) is 7.36. The van der Waals surface area contributed by atoms with Gasteiger partial charge in [-0.1, -0.05) is 6.08 Å². The van der Waals surface area contributed by atoms with Gasteiger partial charge in [-0.3, -0.25) is 9.67 Å². The molecule has 0 amide bonds. The van der Waals surface area contributed by atoms with Gasteiger partial charge in [-0.15, -0.1) is 30.6 Å². The van der Waals surface area contributed by atoms with Gasteiger partial charge >= 0.3 is 0 Å². The minimum atomic E-state index is 0. The zero-order valence-electron chi connectivity index (χ0n) is 9.39. The Morgan fingerprint density at radius 3 is 2.94 bits per heavy atom. The van der Waals surface area contributed by atoms with E-state index in [1.165, 1.54) is 0 Å². The molecular formula is C10H18IN5. The van der Waals surface area contributed by atoms with E-state index < -0.39 is 0 Å². The van der Waals surface area contributed by atoms with Crippen LogP contribution in [0.2, 0.25) is 0 Å². The number of nitrogens with zero attached hydrogens (tertiary/aromatic N) is 3. The third kappa shape index (κ3) is 5.74. The van der Waals surface area contributed by atoms with Crippen molar-refractivity contribution in [3.63, 3.8) is 0 Å². The van der Waals surface area contributed by atoms with Crippen molar-refractivity contribution in [1.29, 1.82) is 0 Å². The van der Waals surface area contributed by atoms with E-state index in [-0.39, 0.29) is 24.0 Å². The van der Waals surface area contributed by atoms with Crippen molar-refractivity contribution in [1.82, 2.24) is 20.4 Å². The second-order valence-electron chi connectivity index (χ2n) is 2.94. The first-order valence-corrected chi connectivity index (χ1v) is 4.89. The Balaban J connectivity index is 0.00000225. The van der Waals surface area contributed by atoms with Crippen molar-refractivity contribution < 1.29 is 0 Å². The highest BCUT2D eigenvalue weighted by atomic mass is 127. The van der Waals surface area contributed by atoms with Crippen LogP contribution in [-0.4, -0.2) is 35.9 Å². The largest absolute Gasteiger partial charge is 0.355 e. The number of halogens is 1. The fraction of sp³-hybridized carbons (Fsp3) is 0.400. The summed E-state index contributed by atoms with van der Waals surface area (Å²) >= 11 is 0. The van der Waals surface area contributed by atoms with Crippen LogP contribution in [0.4, 0.5) is 0 Å². The van der Waals surface area contributed by atoms with Gasteiger partial charge in [-0.2, -0.15) is 5.10 Å². The predicted molar refractivity (Wildman–Crippen MR) is 77.2 cm³/mol. The summed E-state index contributed by atoms with van der Waals surface area (Å²) in [7, 11) is 1.74. The van der Waals surface area contributed by atoms with E-state index in [9.17, 15) is 0 Å². The lowest BCUT2D eigenvalue weighted by Gasteiger charge is -2.10. The minimum Gasteiger partial charge on any atom is -0.355 e. The van der Waals surface area contributed by atoms with Crippen molar-refractivity contribution in [2.45, 2.75) is 6.54 Å². The number of hydrogen-bond donors (Lipinski definition) is 2. The topological polar surface area (TPSA) is 54.2 Å². The van der Waals surface area contributed by atoms with Gasteiger partial charge in [0.2, 0.25) is 0 Å². The van der Waals surface area contributed by atoms with Gasteiger partial charge < -0.3 is 10.6 Å². The van der Waals surface area contributed by atoms with Gasteiger partial charge in [0.05, 0.1) is 6.54 Å². The molecule has 0 saturated carbocycles. The van der Waals surface area contributed by atoms with E-state index in [1.807, 2.05) is 16.9 Å². The SMILES string of the molecule is C=CCNC(=NC)NCCn1cccn1.I. The summed E-state index contributed by atoms with van der Waals surface area (Å²) in [5.41, 5.74) is 0. The third-order valence-electron chi connectivity index (χ3n) is 1.83. The number of aliphatic imine (C=N–C) groups is 1. The number of nitrogens with one attached hydrogen (secondary N) is 2. The monoisotopic (exact) mass is 335 g/mol. The van der Waals surface area contributed by atoms with Gasteiger partial charge in [0.15, 0.2) is 5.96 Å². The molecule has 16 heavy (non-hydrogen) atoms. The van der Waals surface area contributed by atoms with Crippen LogP contribution in [0.25, 0.3) is 0 Å². The minimum absolute atomic E-state index is 0. The molecule has 2 N–H and O–H groups in total. The quantitative estimate of drug-likeness (QED) is 0.363. The molecule has 0 saturated heterocycles. The molecule has 6 heteroatoms. The molecule has 90 valence electrons. The van der Waals surface area contributed by atoms with Crippen LogP contribution < -0.4 is 10.6 Å². The van der Waals surface area contributed by atoms with Crippen molar-refractivity contribution in [2.75, 3.05) is 20.1 Å². The summed E-state index contributed by atoms with van der Waals surface area (Å²) in [5, 5.41) is 10.4. The first-order valence-electron chi connectivity index (χ1n) is 4.89. The summed E-state index contributed by atoms with van der Waals surface area (Å²) in [6, 6.07) is 1.91. The molecule has 5 nitrogen and oxygen atoms in total. The number of guanidine groups is 1. The van der Waals surface area contributed by atoms with E-state index in [1.54, 1.807) is 19.3 Å². The van der Waals surface area contributed by atoms with Crippen LogP contribution in [0.15, 0.2) is 36.1 Å². The fourth-order valence-electron chi connectivity index (χ4n) is 1.11. The Morgan fingerprint density at radius 2 is 2.38 bits per heavy atom. The lowest BCUT2D eigenvalue weighted by atomic mass is 10.6. The summed E-state index contributed by atoms with van der Waals surface area (Å²) in [5.74, 6) is 0.780. The van der Waals surface area contributed by atoms with Gasteiger partial charge in [-0.05, 0) is 6.07 Å². The Kier molecular flexibility index (Phi) is 8.59. The Morgan fingerprint density at radius 1 is 1.56 bits per heavy atom. The summed E-state index contributed by atoms with van der Waals surface area (Å²) in [6.45, 7) is 5.95. The highest BCUT2D eigenvalue weighted by molar-refractivity contribution is 14.0. The van der Waals surface area contributed by atoms with E-state index >= 15 is 0 Å². The van der Waals surface area contributed by atoms with Crippen molar-refractivity contribution in [3.8, 4) is 0 Å². The van der Waals surface area contributed by atoms with Crippen LogP contribution in [0.5, 0.6) is 0 Å². The zero-order valence-corrected chi connectivity index (χ0v) is 11.7. The Hall–Kier alpha value is -1.05. The molecule has 0 atom stereocenters. The number of aromatic nitrogens is 2. The van der Waals surface area contributed by atoms with E-state index in [2.05, 4.69) is 27.3 Å². The molecule has 1 aromatic heterocycles. The molecule has 0 aliphatic rings. The molecular weight excluding hydrogens is 317 g/mol.